The number of nitrogens with zero attached hydrogens (tertiary/aromatic N) is 1. The lowest BCUT2D eigenvalue weighted by molar-refractivity contribution is -0.143. The number of rotatable bonds is 5. The zero-order chi connectivity index (χ0) is 23.6. The predicted octanol–water partition coefficient (Wildman–Crippen LogP) is 4.08. The summed E-state index contributed by atoms with van der Waals surface area (Å²) in [6, 6.07) is 7.26. The molecule has 3 rings (SSSR count). The second-order valence-electron chi connectivity index (χ2n) is 6.57. The number of ether oxygens (including phenoxy) is 2. The van der Waals surface area contributed by atoms with E-state index in [1.165, 1.54) is 19.3 Å². The molecule has 0 saturated carbocycles. The van der Waals surface area contributed by atoms with E-state index in [1.807, 2.05) is 45.2 Å². The molecular weight excluding hydrogens is 666 g/mol. The van der Waals surface area contributed by atoms with E-state index in [2.05, 4.69) is 10.1 Å². The van der Waals surface area contributed by atoms with Gasteiger partial charge in [0, 0.05) is 5.02 Å². The fourth-order valence-electron chi connectivity index (χ4n) is 2.77. The number of urea groups is 1. The van der Waals surface area contributed by atoms with E-state index in [-0.39, 0.29) is 17.9 Å². The number of amides is 4. The molecule has 8 nitrogen and oxygen atoms in total. The summed E-state index contributed by atoms with van der Waals surface area (Å²) in [7, 11) is 1.27. The van der Waals surface area contributed by atoms with Crippen molar-refractivity contribution in [2.24, 2.45) is 0 Å². The number of benzene rings is 2. The normalized spacial score (nSPS) is 15.1. The molecule has 166 valence electrons. The van der Waals surface area contributed by atoms with Gasteiger partial charge in [0.15, 0.2) is 6.61 Å². The number of anilines is 1. The average molecular weight is 681 g/mol. The topological polar surface area (TPSA) is 102 Å². The first-order valence-electron chi connectivity index (χ1n) is 8.98. The van der Waals surface area contributed by atoms with Gasteiger partial charge in [0.25, 0.3) is 11.8 Å². The molecule has 4 amide bonds. The molecule has 1 fully saturated rings. The molecule has 1 aliphatic heterocycles. The number of halogens is 3. The van der Waals surface area contributed by atoms with Crippen molar-refractivity contribution < 1.29 is 28.7 Å². The monoisotopic (exact) mass is 680 g/mol. The highest BCUT2D eigenvalue weighted by atomic mass is 127. The maximum Gasteiger partial charge on any atom is 0.343 e. The van der Waals surface area contributed by atoms with Gasteiger partial charge in [0.1, 0.15) is 11.3 Å². The minimum absolute atomic E-state index is 0.212. The highest BCUT2D eigenvalue weighted by Crippen LogP contribution is 2.31. The molecule has 2 aromatic rings. The molecule has 2 aromatic carbocycles. The molecule has 0 unspecified atom stereocenters. The minimum Gasteiger partial charge on any atom is -0.480 e. The van der Waals surface area contributed by atoms with Crippen molar-refractivity contribution in [3.8, 4) is 5.75 Å². The van der Waals surface area contributed by atoms with Crippen LogP contribution in [-0.2, 0) is 19.1 Å². The Labute approximate surface area is 215 Å². The van der Waals surface area contributed by atoms with Crippen LogP contribution in [0.15, 0.2) is 35.9 Å². The van der Waals surface area contributed by atoms with Crippen molar-refractivity contribution in [1.29, 1.82) is 0 Å². The van der Waals surface area contributed by atoms with E-state index in [4.69, 9.17) is 16.3 Å². The van der Waals surface area contributed by atoms with Gasteiger partial charge in [-0.2, -0.15) is 0 Å². The van der Waals surface area contributed by atoms with Gasteiger partial charge in [-0.1, -0.05) is 17.7 Å². The zero-order valence-corrected chi connectivity index (χ0v) is 21.8. The van der Waals surface area contributed by atoms with E-state index in [9.17, 15) is 19.2 Å². The first kappa shape index (κ1) is 24.5. The number of methoxy groups -OCH3 is 1. The lowest BCUT2D eigenvalue weighted by atomic mass is 10.1. The van der Waals surface area contributed by atoms with Gasteiger partial charge in [0.2, 0.25) is 0 Å². The van der Waals surface area contributed by atoms with E-state index in [0.29, 0.717) is 23.5 Å². The Morgan fingerprint density at radius 1 is 1.16 bits per heavy atom. The molecule has 1 aliphatic rings. The Bertz CT molecular complexity index is 1160. The van der Waals surface area contributed by atoms with Crippen molar-refractivity contribution in [2.45, 2.75) is 6.92 Å². The summed E-state index contributed by atoms with van der Waals surface area (Å²) in [5, 5.41) is 2.56. The second-order valence-corrected chi connectivity index (χ2v) is 9.30. The molecule has 1 heterocycles. The lowest BCUT2D eigenvalue weighted by Gasteiger charge is -2.26. The number of hydrogen-bond acceptors (Lipinski definition) is 6. The largest absolute Gasteiger partial charge is 0.480 e. The smallest absolute Gasteiger partial charge is 0.343 e. The average Bonchev–Trinajstić information content (AvgIpc) is 2.72. The lowest BCUT2D eigenvalue weighted by Crippen LogP contribution is -2.54. The number of carbonyl (C=O) groups excluding carboxylic acids is 4. The third-order valence-corrected chi connectivity index (χ3v) is 6.42. The van der Waals surface area contributed by atoms with Gasteiger partial charge in [-0.25, -0.2) is 14.5 Å². The number of aryl methyl sites for hydroxylation is 1. The minimum atomic E-state index is -0.854. The van der Waals surface area contributed by atoms with Gasteiger partial charge in [-0.05, 0) is 93.6 Å². The Hall–Kier alpha value is -2.19. The summed E-state index contributed by atoms with van der Waals surface area (Å²) >= 11 is 10.2. The Morgan fingerprint density at radius 3 is 2.41 bits per heavy atom. The molecular formula is C21H15ClI2N2O6. The Morgan fingerprint density at radius 2 is 1.81 bits per heavy atom. The van der Waals surface area contributed by atoms with Crippen LogP contribution in [0.3, 0.4) is 0 Å². The van der Waals surface area contributed by atoms with Crippen LogP contribution in [0.1, 0.15) is 11.1 Å². The first-order chi connectivity index (χ1) is 15.1. The number of imide groups is 2. The number of nitrogens with one attached hydrogen (secondary N) is 1. The highest BCUT2D eigenvalue weighted by Gasteiger charge is 2.37. The van der Waals surface area contributed by atoms with Crippen molar-refractivity contribution in [1.82, 2.24) is 5.32 Å². The van der Waals surface area contributed by atoms with E-state index < -0.39 is 23.8 Å². The number of hydrogen-bond donors (Lipinski definition) is 1. The Kier molecular flexibility index (Phi) is 7.77. The van der Waals surface area contributed by atoms with Gasteiger partial charge >= 0.3 is 12.0 Å². The van der Waals surface area contributed by atoms with Crippen molar-refractivity contribution in [3.05, 3.63) is 59.2 Å². The summed E-state index contributed by atoms with van der Waals surface area (Å²) in [6.07, 6.45) is 1.39. The summed E-state index contributed by atoms with van der Waals surface area (Å²) in [4.78, 5) is 50.0. The van der Waals surface area contributed by atoms with Crippen molar-refractivity contribution >= 4 is 92.4 Å². The zero-order valence-electron chi connectivity index (χ0n) is 16.7. The molecule has 0 bridgehead atoms. The molecule has 1 N–H and O–H groups in total. The Balaban J connectivity index is 1.95. The van der Waals surface area contributed by atoms with Crippen LogP contribution in [0, 0.1) is 14.1 Å². The second kappa shape index (κ2) is 10.2. The molecule has 0 spiro atoms. The highest BCUT2D eigenvalue weighted by molar-refractivity contribution is 14.1. The van der Waals surface area contributed by atoms with Crippen LogP contribution in [-0.4, -0.2) is 37.5 Å². The number of carbonyl (C=O) groups is 4. The van der Waals surface area contributed by atoms with Crippen LogP contribution < -0.4 is 15.0 Å². The first-order valence-corrected chi connectivity index (χ1v) is 11.5. The summed E-state index contributed by atoms with van der Waals surface area (Å²) in [5.41, 5.74) is 1.36. The fraction of sp³-hybridized carbons (Fsp3) is 0.143. The maximum atomic E-state index is 13.0. The molecule has 0 aliphatic carbocycles. The number of esters is 1. The molecule has 0 radical (unpaired) electrons. The summed E-state index contributed by atoms with van der Waals surface area (Å²) in [5.74, 6) is -1.61. The third-order valence-electron chi connectivity index (χ3n) is 4.41. The van der Waals surface area contributed by atoms with Crippen LogP contribution in [0.5, 0.6) is 5.75 Å². The van der Waals surface area contributed by atoms with E-state index in [0.717, 1.165) is 10.5 Å². The predicted molar refractivity (Wildman–Crippen MR) is 135 cm³/mol. The van der Waals surface area contributed by atoms with Crippen LogP contribution in [0.2, 0.25) is 5.02 Å². The maximum absolute atomic E-state index is 13.0. The standard InChI is InChI=1S/C21H15ClI2N2O6/c1-10-3-4-12(8-14(10)22)26-20(29)13(19(28)25-21(26)30)5-11-6-15(23)18(16(24)7-11)32-9-17(27)31-2/h3-8H,9H2,1-2H3,(H,25,28,30)/b13-5-. The summed E-state index contributed by atoms with van der Waals surface area (Å²) < 4.78 is 11.4. The molecule has 11 heteroatoms. The van der Waals surface area contributed by atoms with Gasteiger partial charge in [0.05, 0.1) is 19.9 Å². The molecule has 0 atom stereocenters. The van der Waals surface area contributed by atoms with Crippen LogP contribution >= 0.6 is 56.8 Å². The van der Waals surface area contributed by atoms with Gasteiger partial charge < -0.3 is 9.47 Å². The molecule has 32 heavy (non-hydrogen) atoms. The third kappa shape index (κ3) is 5.23. The fourth-order valence-corrected chi connectivity index (χ4v) is 5.07. The molecule has 1 saturated heterocycles. The van der Waals surface area contributed by atoms with Gasteiger partial charge in [-0.3, -0.25) is 14.9 Å². The summed E-state index contributed by atoms with van der Waals surface area (Å²) in [6.45, 7) is 1.54. The van der Waals surface area contributed by atoms with E-state index in [1.54, 1.807) is 31.2 Å². The van der Waals surface area contributed by atoms with E-state index >= 15 is 0 Å². The number of barbiturate groups is 1. The quantitative estimate of drug-likeness (QED) is 0.221. The molecule has 0 aromatic heterocycles. The SMILES string of the molecule is COC(=O)COc1c(I)cc(/C=C2/C(=O)NC(=O)N(c3ccc(C)c(Cl)c3)C2=O)cc1I. The van der Waals surface area contributed by atoms with Gasteiger partial charge in [-0.15, -0.1) is 0 Å². The van der Waals surface area contributed by atoms with Crippen molar-refractivity contribution in [2.75, 3.05) is 18.6 Å². The van der Waals surface area contributed by atoms with Crippen LogP contribution in [0.4, 0.5) is 10.5 Å². The van der Waals surface area contributed by atoms with Crippen LogP contribution in [0.25, 0.3) is 6.08 Å². The van der Waals surface area contributed by atoms with Crippen molar-refractivity contribution in [3.63, 3.8) is 0 Å².